The van der Waals surface area contributed by atoms with Crippen LogP contribution >= 0.6 is 0 Å². The van der Waals surface area contributed by atoms with Crippen molar-refractivity contribution in [3.63, 3.8) is 0 Å². The predicted octanol–water partition coefficient (Wildman–Crippen LogP) is 2.33. The van der Waals surface area contributed by atoms with Crippen molar-refractivity contribution in [1.82, 2.24) is 4.98 Å². The Morgan fingerprint density at radius 3 is 2.46 bits per heavy atom. The van der Waals surface area contributed by atoms with Gasteiger partial charge in [0, 0.05) is 11.8 Å². The second-order valence-corrected chi connectivity index (χ2v) is 2.83. The van der Waals surface area contributed by atoms with E-state index in [0.717, 1.165) is 11.1 Å². The van der Waals surface area contributed by atoms with Gasteiger partial charge in [0.2, 0.25) is 0 Å². The summed E-state index contributed by atoms with van der Waals surface area (Å²) in [7, 11) is 0. The van der Waals surface area contributed by atoms with Crippen molar-refractivity contribution in [1.29, 1.82) is 0 Å². The van der Waals surface area contributed by atoms with E-state index in [9.17, 15) is 0 Å². The van der Waals surface area contributed by atoms with Crippen molar-refractivity contribution in [3.8, 4) is 11.1 Å². The summed E-state index contributed by atoms with van der Waals surface area (Å²) in [6.07, 6.45) is 3.42. The van der Waals surface area contributed by atoms with E-state index in [2.05, 4.69) is 4.98 Å². The first kappa shape index (κ1) is 7.80. The zero-order chi connectivity index (χ0) is 9.10. The highest BCUT2D eigenvalue weighted by atomic mass is 14.7. The maximum absolute atomic E-state index is 5.79. The number of pyridine rings is 1. The minimum atomic E-state index is 0.716. The number of nitrogen functional groups attached to an aromatic ring is 1. The van der Waals surface area contributed by atoms with Crippen molar-refractivity contribution < 1.29 is 0 Å². The number of anilines is 1. The Bertz CT molecular complexity index is 396. The molecule has 0 aliphatic carbocycles. The van der Waals surface area contributed by atoms with Crippen LogP contribution in [-0.4, -0.2) is 4.98 Å². The molecular formula is C11H10N2. The first-order chi connectivity index (χ1) is 6.38. The van der Waals surface area contributed by atoms with Gasteiger partial charge in [0.25, 0.3) is 0 Å². The summed E-state index contributed by atoms with van der Waals surface area (Å²) in [6, 6.07) is 12.0. The van der Waals surface area contributed by atoms with Crippen molar-refractivity contribution in [2.45, 2.75) is 0 Å². The number of aromatic nitrogens is 1. The van der Waals surface area contributed by atoms with Crippen LogP contribution in [-0.2, 0) is 0 Å². The van der Waals surface area contributed by atoms with Gasteiger partial charge in [-0.1, -0.05) is 30.3 Å². The Hall–Kier alpha value is -1.83. The minimum absolute atomic E-state index is 0.716. The van der Waals surface area contributed by atoms with Crippen molar-refractivity contribution in [3.05, 3.63) is 48.8 Å². The van der Waals surface area contributed by atoms with Gasteiger partial charge in [-0.25, -0.2) is 0 Å². The predicted molar refractivity (Wildman–Crippen MR) is 54.1 cm³/mol. The highest BCUT2D eigenvalue weighted by Crippen LogP contribution is 2.23. The van der Waals surface area contributed by atoms with Gasteiger partial charge in [-0.2, -0.15) is 0 Å². The third kappa shape index (κ3) is 1.51. The molecule has 1 aromatic heterocycles. The summed E-state index contributed by atoms with van der Waals surface area (Å²) < 4.78 is 0. The zero-order valence-electron chi connectivity index (χ0n) is 7.14. The van der Waals surface area contributed by atoms with Gasteiger partial charge in [-0.05, 0) is 11.6 Å². The third-order valence-electron chi connectivity index (χ3n) is 1.94. The molecule has 1 aromatic carbocycles. The highest BCUT2D eigenvalue weighted by Gasteiger charge is 1.99. The molecular weight excluding hydrogens is 160 g/mol. The van der Waals surface area contributed by atoms with Crippen LogP contribution in [0.1, 0.15) is 0 Å². The molecule has 0 saturated carbocycles. The fraction of sp³-hybridized carbons (Fsp3) is 0. The number of hydrogen-bond donors (Lipinski definition) is 1. The SMILES string of the molecule is Nc1cnccc1-c1ccccc1. The van der Waals surface area contributed by atoms with E-state index in [0.29, 0.717) is 5.69 Å². The Kier molecular flexibility index (Phi) is 1.96. The first-order valence-corrected chi connectivity index (χ1v) is 4.13. The van der Waals surface area contributed by atoms with Crippen LogP contribution in [0.5, 0.6) is 0 Å². The van der Waals surface area contributed by atoms with E-state index in [-0.39, 0.29) is 0 Å². The lowest BCUT2D eigenvalue weighted by Crippen LogP contribution is -1.90. The average molecular weight is 170 g/mol. The maximum atomic E-state index is 5.79. The second kappa shape index (κ2) is 3.27. The molecule has 0 unspecified atom stereocenters. The van der Waals surface area contributed by atoms with E-state index in [4.69, 9.17) is 5.73 Å². The van der Waals surface area contributed by atoms with Crippen LogP contribution in [0.15, 0.2) is 48.8 Å². The van der Waals surface area contributed by atoms with Crippen LogP contribution in [0.3, 0.4) is 0 Å². The van der Waals surface area contributed by atoms with Crippen LogP contribution in [0.4, 0.5) is 5.69 Å². The summed E-state index contributed by atoms with van der Waals surface area (Å²) in [5.74, 6) is 0. The Balaban J connectivity index is 2.54. The Morgan fingerprint density at radius 1 is 1.00 bits per heavy atom. The molecule has 2 aromatic rings. The van der Waals surface area contributed by atoms with Crippen molar-refractivity contribution in [2.24, 2.45) is 0 Å². The molecule has 0 amide bonds. The smallest absolute Gasteiger partial charge is 0.0580 e. The average Bonchev–Trinajstić information content (AvgIpc) is 2.20. The van der Waals surface area contributed by atoms with E-state index in [1.54, 1.807) is 12.4 Å². The van der Waals surface area contributed by atoms with Crippen LogP contribution in [0.2, 0.25) is 0 Å². The van der Waals surface area contributed by atoms with E-state index in [1.165, 1.54) is 0 Å². The molecule has 0 bridgehead atoms. The number of rotatable bonds is 1. The molecule has 64 valence electrons. The largest absolute Gasteiger partial charge is 0.397 e. The summed E-state index contributed by atoms with van der Waals surface area (Å²) in [5.41, 5.74) is 8.67. The molecule has 2 heteroatoms. The summed E-state index contributed by atoms with van der Waals surface area (Å²) >= 11 is 0. The molecule has 0 fully saturated rings. The summed E-state index contributed by atoms with van der Waals surface area (Å²) in [6.45, 7) is 0. The number of hydrogen-bond acceptors (Lipinski definition) is 2. The van der Waals surface area contributed by atoms with Gasteiger partial charge in [-0.15, -0.1) is 0 Å². The summed E-state index contributed by atoms with van der Waals surface area (Å²) in [4.78, 5) is 3.95. The number of benzene rings is 1. The molecule has 0 spiro atoms. The zero-order valence-corrected chi connectivity index (χ0v) is 7.14. The number of nitrogens with two attached hydrogens (primary N) is 1. The fourth-order valence-corrected chi connectivity index (χ4v) is 1.29. The van der Waals surface area contributed by atoms with Gasteiger partial charge in [0.1, 0.15) is 0 Å². The number of nitrogens with zero attached hydrogens (tertiary/aromatic N) is 1. The van der Waals surface area contributed by atoms with Crippen molar-refractivity contribution >= 4 is 5.69 Å². The normalized spacial score (nSPS) is 9.85. The third-order valence-corrected chi connectivity index (χ3v) is 1.94. The van der Waals surface area contributed by atoms with Gasteiger partial charge in [0.05, 0.1) is 11.9 Å². The fourth-order valence-electron chi connectivity index (χ4n) is 1.29. The minimum Gasteiger partial charge on any atom is -0.397 e. The molecule has 2 rings (SSSR count). The van der Waals surface area contributed by atoms with Crippen LogP contribution in [0, 0.1) is 0 Å². The standard InChI is InChI=1S/C11H10N2/c12-11-8-13-7-6-10(11)9-4-2-1-3-5-9/h1-8H,12H2. The molecule has 2 N–H and O–H groups in total. The van der Waals surface area contributed by atoms with E-state index < -0.39 is 0 Å². The quantitative estimate of drug-likeness (QED) is 0.713. The molecule has 2 nitrogen and oxygen atoms in total. The molecule has 0 aliphatic rings. The topological polar surface area (TPSA) is 38.9 Å². The molecule has 0 radical (unpaired) electrons. The van der Waals surface area contributed by atoms with Crippen LogP contribution < -0.4 is 5.73 Å². The molecule has 0 atom stereocenters. The maximum Gasteiger partial charge on any atom is 0.0580 e. The lowest BCUT2D eigenvalue weighted by molar-refractivity contribution is 1.33. The summed E-state index contributed by atoms with van der Waals surface area (Å²) in [5, 5.41) is 0. The molecule has 13 heavy (non-hydrogen) atoms. The van der Waals surface area contributed by atoms with Crippen molar-refractivity contribution in [2.75, 3.05) is 5.73 Å². The lowest BCUT2D eigenvalue weighted by Gasteiger charge is -2.03. The van der Waals surface area contributed by atoms with Gasteiger partial charge in [0.15, 0.2) is 0 Å². The Labute approximate surface area is 77.0 Å². The van der Waals surface area contributed by atoms with E-state index >= 15 is 0 Å². The Morgan fingerprint density at radius 2 is 1.77 bits per heavy atom. The molecule has 0 saturated heterocycles. The molecule has 0 aliphatic heterocycles. The highest BCUT2D eigenvalue weighted by molar-refractivity contribution is 5.75. The monoisotopic (exact) mass is 170 g/mol. The van der Waals surface area contributed by atoms with Crippen LogP contribution in [0.25, 0.3) is 11.1 Å². The van der Waals surface area contributed by atoms with E-state index in [1.807, 2.05) is 36.4 Å². The molecule has 1 heterocycles. The van der Waals surface area contributed by atoms with Gasteiger partial charge < -0.3 is 5.73 Å². The van der Waals surface area contributed by atoms with Gasteiger partial charge in [-0.3, -0.25) is 4.98 Å². The second-order valence-electron chi connectivity index (χ2n) is 2.83. The first-order valence-electron chi connectivity index (χ1n) is 4.13. The lowest BCUT2D eigenvalue weighted by atomic mass is 10.1. The van der Waals surface area contributed by atoms with Gasteiger partial charge >= 0.3 is 0 Å².